The van der Waals surface area contributed by atoms with Gasteiger partial charge in [0.15, 0.2) is 0 Å². The van der Waals surface area contributed by atoms with E-state index in [1.165, 1.54) is 17.0 Å². The number of nitrogens with one attached hydrogen (secondary N) is 1. The molecule has 0 spiro atoms. The number of carbonyl (C=O) groups excluding carboxylic acids is 2. The number of hydrogen-bond donors (Lipinski definition) is 1. The zero-order chi connectivity index (χ0) is 28.7. The SMILES string of the molecule is CCC(C)NC(=O)C(C)N(Cc1cccc(C)c1)C(=O)CN(c1ccccc1Cl)S(=O)(=O)c1ccc(C)cc1. The van der Waals surface area contributed by atoms with Gasteiger partial charge in [-0.05, 0) is 63.9 Å². The summed E-state index contributed by atoms with van der Waals surface area (Å²) < 4.78 is 28.7. The van der Waals surface area contributed by atoms with Gasteiger partial charge in [0, 0.05) is 12.6 Å². The molecule has 3 aromatic rings. The fourth-order valence-corrected chi connectivity index (χ4v) is 5.78. The lowest BCUT2D eigenvalue weighted by Gasteiger charge is -2.32. The molecule has 0 saturated heterocycles. The van der Waals surface area contributed by atoms with E-state index in [1.807, 2.05) is 52.0 Å². The molecule has 208 valence electrons. The first kappa shape index (κ1) is 30.2. The lowest BCUT2D eigenvalue weighted by Crippen LogP contribution is -2.52. The molecule has 0 aliphatic carbocycles. The Hall–Kier alpha value is -3.36. The molecule has 3 rings (SSSR count). The topological polar surface area (TPSA) is 86.8 Å². The van der Waals surface area contributed by atoms with Crippen LogP contribution < -0.4 is 9.62 Å². The molecule has 3 aromatic carbocycles. The quantitative estimate of drug-likeness (QED) is 0.331. The van der Waals surface area contributed by atoms with Crippen LogP contribution in [0, 0.1) is 13.8 Å². The number of carbonyl (C=O) groups is 2. The van der Waals surface area contributed by atoms with Crippen molar-refractivity contribution in [3.05, 3.63) is 94.5 Å². The van der Waals surface area contributed by atoms with Gasteiger partial charge >= 0.3 is 0 Å². The number of halogens is 1. The Morgan fingerprint density at radius 3 is 2.21 bits per heavy atom. The molecule has 0 aromatic heterocycles. The van der Waals surface area contributed by atoms with Crippen molar-refractivity contribution in [2.75, 3.05) is 10.8 Å². The number of aryl methyl sites for hydroxylation is 2. The van der Waals surface area contributed by atoms with Gasteiger partial charge in [-0.15, -0.1) is 0 Å². The van der Waals surface area contributed by atoms with Gasteiger partial charge < -0.3 is 10.2 Å². The summed E-state index contributed by atoms with van der Waals surface area (Å²) >= 11 is 6.44. The third kappa shape index (κ3) is 7.61. The fourth-order valence-electron chi connectivity index (χ4n) is 4.06. The average molecular weight is 570 g/mol. The van der Waals surface area contributed by atoms with Crippen LogP contribution >= 0.6 is 11.6 Å². The second-order valence-corrected chi connectivity index (χ2v) is 12.1. The highest BCUT2D eigenvalue weighted by atomic mass is 35.5. The molecule has 9 heteroatoms. The molecule has 0 bridgehead atoms. The van der Waals surface area contributed by atoms with Crippen molar-refractivity contribution < 1.29 is 18.0 Å². The summed E-state index contributed by atoms with van der Waals surface area (Å²) in [6.45, 7) is 8.92. The van der Waals surface area contributed by atoms with Crippen LogP contribution in [0.25, 0.3) is 0 Å². The van der Waals surface area contributed by atoms with Crippen molar-refractivity contribution >= 4 is 39.1 Å². The third-order valence-electron chi connectivity index (χ3n) is 6.61. The van der Waals surface area contributed by atoms with Crippen molar-refractivity contribution in [3.8, 4) is 0 Å². The zero-order valence-corrected chi connectivity index (χ0v) is 24.6. The van der Waals surface area contributed by atoms with Crippen LogP contribution in [0.1, 0.15) is 43.9 Å². The van der Waals surface area contributed by atoms with E-state index in [4.69, 9.17) is 11.6 Å². The van der Waals surface area contributed by atoms with E-state index in [9.17, 15) is 18.0 Å². The summed E-state index contributed by atoms with van der Waals surface area (Å²) in [6, 6.07) is 19.6. The first-order valence-electron chi connectivity index (χ1n) is 12.9. The second-order valence-electron chi connectivity index (χ2n) is 9.78. The van der Waals surface area contributed by atoms with Crippen molar-refractivity contribution in [1.29, 1.82) is 0 Å². The molecule has 2 atom stereocenters. The highest BCUT2D eigenvalue weighted by Gasteiger charge is 2.33. The number of sulfonamides is 1. The molecular weight excluding hydrogens is 534 g/mol. The number of hydrogen-bond acceptors (Lipinski definition) is 4. The minimum atomic E-state index is -4.17. The van der Waals surface area contributed by atoms with E-state index in [0.29, 0.717) is 0 Å². The van der Waals surface area contributed by atoms with Crippen LogP contribution in [-0.2, 0) is 26.2 Å². The van der Waals surface area contributed by atoms with E-state index >= 15 is 0 Å². The van der Waals surface area contributed by atoms with Gasteiger partial charge in [0.1, 0.15) is 12.6 Å². The minimum absolute atomic E-state index is 0.0358. The minimum Gasteiger partial charge on any atom is -0.352 e. The van der Waals surface area contributed by atoms with Crippen LogP contribution in [0.4, 0.5) is 5.69 Å². The number of nitrogens with zero attached hydrogens (tertiary/aromatic N) is 2. The molecule has 2 unspecified atom stereocenters. The molecule has 0 aliphatic rings. The van der Waals surface area contributed by atoms with E-state index in [2.05, 4.69) is 5.32 Å². The Bertz CT molecular complexity index is 1410. The van der Waals surface area contributed by atoms with E-state index < -0.39 is 28.5 Å². The number of anilines is 1. The van der Waals surface area contributed by atoms with Crippen LogP contribution in [0.3, 0.4) is 0 Å². The smallest absolute Gasteiger partial charge is 0.264 e. The van der Waals surface area contributed by atoms with Gasteiger partial charge in [0.2, 0.25) is 11.8 Å². The maximum absolute atomic E-state index is 14.0. The van der Waals surface area contributed by atoms with E-state index in [-0.39, 0.29) is 34.1 Å². The normalized spacial score (nSPS) is 12.9. The summed E-state index contributed by atoms with van der Waals surface area (Å²) in [6.07, 6.45) is 0.735. The summed E-state index contributed by atoms with van der Waals surface area (Å²) in [4.78, 5) is 28.5. The van der Waals surface area contributed by atoms with Gasteiger partial charge in [-0.2, -0.15) is 0 Å². The summed E-state index contributed by atoms with van der Waals surface area (Å²) in [7, 11) is -4.17. The Morgan fingerprint density at radius 2 is 1.59 bits per heavy atom. The molecule has 0 aliphatic heterocycles. The van der Waals surface area contributed by atoms with Gasteiger partial charge in [-0.25, -0.2) is 8.42 Å². The second kappa shape index (κ2) is 13.1. The Balaban J connectivity index is 2.04. The molecule has 7 nitrogen and oxygen atoms in total. The van der Waals surface area contributed by atoms with Gasteiger partial charge in [0.25, 0.3) is 10.0 Å². The van der Waals surface area contributed by atoms with Crippen molar-refractivity contribution in [3.63, 3.8) is 0 Å². The van der Waals surface area contributed by atoms with Crippen LogP contribution in [0.5, 0.6) is 0 Å². The van der Waals surface area contributed by atoms with Crippen LogP contribution in [-0.4, -0.2) is 43.8 Å². The first-order chi connectivity index (χ1) is 18.4. The standard InChI is InChI=1S/C30H36ClN3O4S/c1-6-23(4)32-30(36)24(5)33(19-25-11-9-10-22(3)18-25)29(35)20-34(28-13-8-7-12-27(28)31)39(37,38)26-16-14-21(2)15-17-26/h7-18,23-24H,6,19-20H2,1-5H3,(H,32,36). The molecule has 0 heterocycles. The summed E-state index contributed by atoms with van der Waals surface area (Å²) in [5, 5.41) is 3.12. The van der Waals surface area contributed by atoms with E-state index in [1.54, 1.807) is 43.3 Å². The summed E-state index contributed by atoms with van der Waals surface area (Å²) in [5.74, 6) is -0.838. The number of benzene rings is 3. The van der Waals surface area contributed by atoms with Crippen molar-refractivity contribution in [1.82, 2.24) is 10.2 Å². The third-order valence-corrected chi connectivity index (χ3v) is 8.71. The monoisotopic (exact) mass is 569 g/mol. The molecular formula is C30H36ClN3O4S. The zero-order valence-electron chi connectivity index (χ0n) is 23.0. The van der Waals surface area contributed by atoms with Crippen molar-refractivity contribution in [2.24, 2.45) is 0 Å². The lowest BCUT2D eigenvalue weighted by atomic mass is 10.1. The molecule has 0 radical (unpaired) electrons. The predicted octanol–water partition coefficient (Wildman–Crippen LogP) is 5.48. The first-order valence-corrected chi connectivity index (χ1v) is 14.7. The van der Waals surface area contributed by atoms with Gasteiger partial charge in [-0.3, -0.25) is 13.9 Å². The predicted molar refractivity (Wildman–Crippen MR) is 156 cm³/mol. The van der Waals surface area contributed by atoms with Gasteiger partial charge in [0.05, 0.1) is 15.6 Å². The Labute approximate surface area is 236 Å². The molecule has 1 N–H and O–H groups in total. The molecule has 0 fully saturated rings. The average Bonchev–Trinajstić information content (AvgIpc) is 2.90. The Morgan fingerprint density at radius 1 is 0.923 bits per heavy atom. The molecule has 2 amide bonds. The fraction of sp³-hybridized carbons (Fsp3) is 0.333. The van der Waals surface area contributed by atoms with Crippen LogP contribution in [0.15, 0.2) is 77.7 Å². The lowest BCUT2D eigenvalue weighted by molar-refractivity contribution is -0.139. The highest BCUT2D eigenvalue weighted by Crippen LogP contribution is 2.31. The maximum atomic E-state index is 14.0. The largest absolute Gasteiger partial charge is 0.352 e. The Kier molecular flexibility index (Phi) is 10.2. The van der Waals surface area contributed by atoms with Crippen molar-refractivity contribution in [2.45, 2.75) is 64.6 Å². The summed E-state index contributed by atoms with van der Waals surface area (Å²) in [5.41, 5.74) is 2.92. The molecule has 0 saturated carbocycles. The number of amides is 2. The maximum Gasteiger partial charge on any atom is 0.264 e. The molecule has 39 heavy (non-hydrogen) atoms. The number of rotatable bonds is 11. The van der Waals surface area contributed by atoms with Gasteiger partial charge in [-0.1, -0.05) is 78.2 Å². The van der Waals surface area contributed by atoms with E-state index in [0.717, 1.165) is 27.4 Å². The highest BCUT2D eigenvalue weighted by molar-refractivity contribution is 7.92. The van der Waals surface area contributed by atoms with Crippen LogP contribution in [0.2, 0.25) is 5.02 Å². The number of para-hydroxylation sites is 1.